The molecule has 1 saturated carbocycles. The molecule has 4 atom stereocenters. The van der Waals surface area contributed by atoms with Crippen LogP contribution < -0.4 is 4.90 Å². The molecule has 1 aromatic heterocycles. The molecule has 0 amide bonds. The summed E-state index contributed by atoms with van der Waals surface area (Å²) in [6, 6.07) is 6.59. The summed E-state index contributed by atoms with van der Waals surface area (Å²) in [6.07, 6.45) is 7.47. The maximum Gasteiger partial charge on any atom is 0.128 e. The third kappa shape index (κ3) is 2.62. The molecule has 3 rings (SSSR count). The van der Waals surface area contributed by atoms with Crippen LogP contribution >= 0.6 is 0 Å². The van der Waals surface area contributed by atoms with Crippen molar-refractivity contribution >= 4 is 5.82 Å². The first kappa shape index (κ1) is 12.9. The van der Waals surface area contributed by atoms with Crippen LogP contribution in [0.25, 0.3) is 0 Å². The van der Waals surface area contributed by atoms with Gasteiger partial charge >= 0.3 is 0 Å². The number of rotatable bonds is 2. The van der Waals surface area contributed by atoms with E-state index in [2.05, 4.69) is 28.9 Å². The zero-order valence-corrected chi connectivity index (χ0v) is 11.7. The standard InChI is InChI=1S/C16H24N2O/c1-12-7-8-15(19)13(11-12)14-5-4-10-18(14)16-6-2-3-9-17-16/h2-3,6,9,12-15,19H,4-5,7-8,10-11H2,1H3/t12-,13+,14+,15+/m1/s1. The van der Waals surface area contributed by atoms with Crippen LogP contribution in [0.5, 0.6) is 0 Å². The fourth-order valence-electron chi connectivity index (χ4n) is 3.87. The van der Waals surface area contributed by atoms with Crippen molar-refractivity contribution in [3.63, 3.8) is 0 Å². The highest BCUT2D eigenvalue weighted by molar-refractivity contribution is 5.40. The van der Waals surface area contributed by atoms with Gasteiger partial charge in [-0.1, -0.05) is 13.0 Å². The maximum atomic E-state index is 10.4. The Balaban J connectivity index is 1.79. The molecule has 104 valence electrons. The molecule has 1 N–H and O–H groups in total. The summed E-state index contributed by atoms with van der Waals surface area (Å²) >= 11 is 0. The Kier molecular flexibility index (Phi) is 3.74. The number of hydrogen-bond acceptors (Lipinski definition) is 3. The average molecular weight is 260 g/mol. The van der Waals surface area contributed by atoms with Crippen LogP contribution in [0.15, 0.2) is 24.4 Å². The van der Waals surface area contributed by atoms with E-state index >= 15 is 0 Å². The molecule has 0 bridgehead atoms. The molecular formula is C16H24N2O. The number of hydrogen-bond donors (Lipinski definition) is 1. The van der Waals surface area contributed by atoms with Gasteiger partial charge in [0, 0.05) is 24.7 Å². The van der Waals surface area contributed by atoms with Crippen molar-refractivity contribution < 1.29 is 5.11 Å². The number of aliphatic hydroxyl groups excluding tert-OH is 1. The van der Waals surface area contributed by atoms with Gasteiger partial charge in [-0.3, -0.25) is 0 Å². The summed E-state index contributed by atoms with van der Waals surface area (Å²) in [5.74, 6) is 2.25. The highest BCUT2D eigenvalue weighted by Gasteiger charge is 2.38. The number of pyridine rings is 1. The van der Waals surface area contributed by atoms with Gasteiger partial charge in [-0.2, -0.15) is 0 Å². The topological polar surface area (TPSA) is 36.4 Å². The molecule has 1 aromatic rings. The van der Waals surface area contributed by atoms with Crippen LogP contribution in [0.4, 0.5) is 5.82 Å². The molecule has 19 heavy (non-hydrogen) atoms. The second kappa shape index (κ2) is 5.49. The fraction of sp³-hybridized carbons (Fsp3) is 0.688. The molecular weight excluding hydrogens is 236 g/mol. The predicted octanol–water partition coefficient (Wildman–Crippen LogP) is 2.85. The Bertz CT molecular complexity index is 408. The van der Waals surface area contributed by atoms with Crippen molar-refractivity contribution in [2.24, 2.45) is 11.8 Å². The van der Waals surface area contributed by atoms with E-state index in [4.69, 9.17) is 0 Å². The van der Waals surface area contributed by atoms with Crippen LogP contribution in [0, 0.1) is 11.8 Å². The van der Waals surface area contributed by atoms with Crippen LogP contribution in [0.2, 0.25) is 0 Å². The van der Waals surface area contributed by atoms with Gasteiger partial charge in [0.15, 0.2) is 0 Å². The van der Waals surface area contributed by atoms with E-state index in [1.165, 1.54) is 19.3 Å². The summed E-state index contributed by atoms with van der Waals surface area (Å²) in [5, 5.41) is 10.4. The van der Waals surface area contributed by atoms with Gasteiger partial charge in [-0.25, -0.2) is 4.98 Å². The Hall–Kier alpha value is -1.09. The minimum absolute atomic E-state index is 0.120. The number of nitrogens with zero attached hydrogens (tertiary/aromatic N) is 2. The fourth-order valence-corrected chi connectivity index (χ4v) is 3.87. The van der Waals surface area contributed by atoms with E-state index in [0.717, 1.165) is 31.1 Å². The largest absolute Gasteiger partial charge is 0.393 e. The van der Waals surface area contributed by atoms with Crippen LogP contribution in [-0.4, -0.2) is 28.8 Å². The zero-order chi connectivity index (χ0) is 13.2. The minimum atomic E-state index is -0.120. The zero-order valence-electron chi connectivity index (χ0n) is 11.7. The molecule has 1 saturated heterocycles. The molecule has 1 aliphatic carbocycles. The lowest BCUT2D eigenvalue weighted by molar-refractivity contribution is 0.0390. The van der Waals surface area contributed by atoms with Crippen molar-refractivity contribution in [3.8, 4) is 0 Å². The van der Waals surface area contributed by atoms with E-state index < -0.39 is 0 Å². The SMILES string of the molecule is C[C@@H]1CC[C@H](O)[C@H]([C@@H]2CCCN2c2ccccn2)C1. The minimum Gasteiger partial charge on any atom is -0.393 e. The molecule has 3 heteroatoms. The Morgan fingerprint density at radius 1 is 1.26 bits per heavy atom. The van der Waals surface area contributed by atoms with Crippen molar-refractivity contribution in [2.45, 2.75) is 51.2 Å². The Morgan fingerprint density at radius 3 is 2.95 bits per heavy atom. The molecule has 0 spiro atoms. The second-order valence-corrected chi connectivity index (χ2v) is 6.24. The predicted molar refractivity (Wildman–Crippen MR) is 77.1 cm³/mol. The average Bonchev–Trinajstić information content (AvgIpc) is 2.91. The first-order valence-electron chi connectivity index (χ1n) is 7.61. The highest BCUT2D eigenvalue weighted by Crippen LogP contribution is 2.38. The summed E-state index contributed by atoms with van der Waals surface area (Å²) in [4.78, 5) is 6.92. The smallest absolute Gasteiger partial charge is 0.128 e. The first-order valence-corrected chi connectivity index (χ1v) is 7.61. The molecule has 2 fully saturated rings. The van der Waals surface area contributed by atoms with Gasteiger partial charge in [-0.05, 0) is 50.2 Å². The number of anilines is 1. The third-order valence-corrected chi connectivity index (χ3v) is 4.86. The van der Waals surface area contributed by atoms with Crippen molar-refractivity contribution in [1.29, 1.82) is 0 Å². The van der Waals surface area contributed by atoms with Crippen LogP contribution in [0.1, 0.15) is 39.0 Å². The van der Waals surface area contributed by atoms with Gasteiger partial charge < -0.3 is 10.0 Å². The summed E-state index contributed by atoms with van der Waals surface area (Å²) in [7, 11) is 0. The molecule has 2 heterocycles. The van der Waals surface area contributed by atoms with Gasteiger partial charge in [0.25, 0.3) is 0 Å². The lowest BCUT2D eigenvalue weighted by Gasteiger charge is -2.39. The molecule has 2 aliphatic rings. The molecule has 1 aliphatic heterocycles. The van der Waals surface area contributed by atoms with Gasteiger partial charge in [0.05, 0.1) is 6.10 Å². The lowest BCUT2D eigenvalue weighted by atomic mass is 9.76. The van der Waals surface area contributed by atoms with E-state index in [-0.39, 0.29) is 6.10 Å². The summed E-state index contributed by atoms with van der Waals surface area (Å²) in [5.41, 5.74) is 0. The van der Waals surface area contributed by atoms with E-state index in [0.29, 0.717) is 12.0 Å². The van der Waals surface area contributed by atoms with Crippen LogP contribution in [-0.2, 0) is 0 Å². The van der Waals surface area contributed by atoms with Crippen molar-refractivity contribution in [3.05, 3.63) is 24.4 Å². The maximum absolute atomic E-state index is 10.4. The summed E-state index contributed by atoms with van der Waals surface area (Å²) < 4.78 is 0. The lowest BCUT2D eigenvalue weighted by Crippen LogP contribution is -2.44. The van der Waals surface area contributed by atoms with Crippen molar-refractivity contribution in [1.82, 2.24) is 4.98 Å². The van der Waals surface area contributed by atoms with Crippen molar-refractivity contribution in [2.75, 3.05) is 11.4 Å². The third-order valence-electron chi connectivity index (χ3n) is 4.86. The Morgan fingerprint density at radius 2 is 2.16 bits per heavy atom. The highest BCUT2D eigenvalue weighted by atomic mass is 16.3. The van der Waals surface area contributed by atoms with Crippen LogP contribution in [0.3, 0.4) is 0 Å². The summed E-state index contributed by atoms with van der Waals surface area (Å²) in [6.45, 7) is 3.40. The monoisotopic (exact) mass is 260 g/mol. The molecule has 0 unspecified atom stereocenters. The van der Waals surface area contributed by atoms with E-state index in [9.17, 15) is 5.11 Å². The first-order chi connectivity index (χ1) is 9.25. The molecule has 0 aromatic carbocycles. The number of aliphatic hydroxyl groups is 1. The van der Waals surface area contributed by atoms with Gasteiger partial charge in [-0.15, -0.1) is 0 Å². The second-order valence-electron chi connectivity index (χ2n) is 6.24. The molecule has 0 radical (unpaired) electrons. The van der Waals surface area contributed by atoms with E-state index in [1.54, 1.807) is 0 Å². The molecule has 3 nitrogen and oxygen atoms in total. The van der Waals surface area contributed by atoms with Gasteiger partial charge in [0.1, 0.15) is 5.82 Å². The Labute approximate surface area is 115 Å². The van der Waals surface area contributed by atoms with E-state index in [1.807, 2.05) is 12.3 Å². The normalized spacial score (nSPS) is 35.6. The quantitative estimate of drug-likeness (QED) is 0.888. The van der Waals surface area contributed by atoms with Gasteiger partial charge in [0.2, 0.25) is 0 Å². The number of aromatic nitrogens is 1.